The molecule has 3 rings (SSSR count). The molecule has 102 valence electrons. The molecule has 6 heteroatoms. The van der Waals surface area contributed by atoms with Crippen LogP contribution in [-0.4, -0.2) is 16.1 Å². The Labute approximate surface area is 128 Å². The van der Waals surface area contributed by atoms with E-state index in [1.165, 1.54) is 11.3 Å². The lowest BCUT2D eigenvalue weighted by Gasteiger charge is -1.99. The molecular weight excluding hydrogens is 317 g/mol. The third-order valence-corrected chi connectivity index (χ3v) is 4.60. The summed E-state index contributed by atoms with van der Waals surface area (Å²) in [5.74, 6) is -0.880. The molecule has 20 heavy (non-hydrogen) atoms. The zero-order valence-corrected chi connectivity index (χ0v) is 12.4. The van der Waals surface area contributed by atoms with E-state index in [9.17, 15) is 4.79 Å². The third kappa shape index (κ3) is 2.30. The van der Waals surface area contributed by atoms with E-state index in [1.807, 2.05) is 18.2 Å². The van der Waals surface area contributed by atoms with Crippen molar-refractivity contribution in [2.45, 2.75) is 6.42 Å². The number of para-hydroxylation sites is 1. The van der Waals surface area contributed by atoms with Gasteiger partial charge >= 0.3 is 5.97 Å². The van der Waals surface area contributed by atoms with Gasteiger partial charge in [-0.3, -0.25) is 4.79 Å². The minimum atomic E-state index is -0.880. The highest BCUT2D eigenvalue weighted by Gasteiger charge is 2.18. The van der Waals surface area contributed by atoms with Crippen LogP contribution in [0.2, 0.25) is 9.36 Å². The van der Waals surface area contributed by atoms with Crippen molar-refractivity contribution in [3.8, 4) is 10.6 Å². The number of carboxylic acids is 1. The smallest absolute Gasteiger partial charge is 0.307 e. The number of hydrogen-bond donors (Lipinski definition) is 2. The van der Waals surface area contributed by atoms with Crippen molar-refractivity contribution < 1.29 is 9.90 Å². The summed E-state index contributed by atoms with van der Waals surface area (Å²) in [6.07, 6.45) is -0.0643. The molecule has 0 unspecified atom stereocenters. The van der Waals surface area contributed by atoms with Gasteiger partial charge in [-0.1, -0.05) is 35.3 Å². The average molecular weight is 326 g/mol. The third-order valence-electron chi connectivity index (χ3n) is 3.04. The minimum absolute atomic E-state index is 0.0643. The largest absolute Gasteiger partial charge is 0.481 e. The molecule has 2 heterocycles. The molecule has 0 saturated heterocycles. The van der Waals surface area contributed by atoms with E-state index < -0.39 is 5.97 Å². The number of H-pyrrole nitrogens is 1. The second kappa shape index (κ2) is 5.13. The number of carbonyl (C=O) groups is 1. The van der Waals surface area contributed by atoms with Crippen LogP contribution in [0.25, 0.3) is 21.5 Å². The molecule has 0 fully saturated rings. The van der Waals surface area contributed by atoms with Gasteiger partial charge in [-0.25, -0.2) is 0 Å². The minimum Gasteiger partial charge on any atom is -0.481 e. The standard InChI is InChI=1S/C14H9Cl2NO2S/c15-9-3-1-2-7-8(6-12(18)19)14(17-13(7)9)10-4-5-11(16)20-10/h1-5,17H,6H2,(H,18,19). The molecule has 0 saturated carbocycles. The van der Waals surface area contributed by atoms with Crippen molar-refractivity contribution in [2.75, 3.05) is 0 Å². The molecule has 0 aliphatic rings. The van der Waals surface area contributed by atoms with E-state index in [-0.39, 0.29) is 6.42 Å². The fourth-order valence-electron chi connectivity index (χ4n) is 2.23. The van der Waals surface area contributed by atoms with E-state index in [1.54, 1.807) is 12.1 Å². The lowest BCUT2D eigenvalue weighted by atomic mass is 10.1. The molecule has 0 aliphatic heterocycles. The number of halogens is 2. The Hall–Kier alpha value is -1.49. The van der Waals surface area contributed by atoms with Crippen LogP contribution in [0.4, 0.5) is 0 Å². The van der Waals surface area contributed by atoms with Crippen LogP contribution in [-0.2, 0) is 11.2 Å². The molecule has 0 aliphatic carbocycles. The molecular formula is C14H9Cl2NO2S. The Balaban J connectivity index is 2.29. The van der Waals surface area contributed by atoms with Gasteiger partial charge in [-0.05, 0) is 23.8 Å². The Kier molecular flexibility index (Phi) is 3.46. The predicted molar refractivity (Wildman–Crippen MR) is 83.0 cm³/mol. The second-order valence-corrected chi connectivity index (χ2v) is 6.44. The first-order valence-electron chi connectivity index (χ1n) is 5.83. The summed E-state index contributed by atoms with van der Waals surface area (Å²) in [5, 5.41) is 10.5. The Morgan fingerprint density at radius 3 is 2.70 bits per heavy atom. The topological polar surface area (TPSA) is 53.1 Å². The summed E-state index contributed by atoms with van der Waals surface area (Å²) in [6, 6.07) is 9.12. The number of rotatable bonds is 3. The van der Waals surface area contributed by atoms with Crippen molar-refractivity contribution in [1.82, 2.24) is 4.98 Å². The van der Waals surface area contributed by atoms with Gasteiger partial charge in [0.2, 0.25) is 0 Å². The van der Waals surface area contributed by atoms with Crippen molar-refractivity contribution >= 4 is 51.4 Å². The fraction of sp³-hybridized carbons (Fsp3) is 0.0714. The van der Waals surface area contributed by atoms with Crippen LogP contribution >= 0.6 is 34.5 Å². The van der Waals surface area contributed by atoms with Gasteiger partial charge in [0.1, 0.15) is 0 Å². The normalized spacial score (nSPS) is 11.1. The lowest BCUT2D eigenvalue weighted by molar-refractivity contribution is -0.136. The zero-order valence-electron chi connectivity index (χ0n) is 10.1. The number of nitrogens with one attached hydrogen (secondary N) is 1. The number of aromatic amines is 1. The monoisotopic (exact) mass is 325 g/mol. The fourth-order valence-corrected chi connectivity index (χ4v) is 3.52. The zero-order chi connectivity index (χ0) is 14.3. The molecule has 3 aromatic rings. The van der Waals surface area contributed by atoms with E-state index in [2.05, 4.69) is 4.98 Å². The SMILES string of the molecule is O=C(O)Cc1c(-c2ccc(Cl)s2)[nH]c2c(Cl)cccc12. The highest BCUT2D eigenvalue weighted by molar-refractivity contribution is 7.19. The van der Waals surface area contributed by atoms with E-state index in [0.717, 1.165) is 27.0 Å². The summed E-state index contributed by atoms with van der Waals surface area (Å²) >= 11 is 13.5. The van der Waals surface area contributed by atoms with Gasteiger partial charge < -0.3 is 10.1 Å². The molecule has 0 amide bonds. The van der Waals surface area contributed by atoms with Crippen LogP contribution in [0.1, 0.15) is 5.56 Å². The first kappa shape index (κ1) is 13.5. The number of aromatic nitrogens is 1. The molecule has 2 aromatic heterocycles. The average Bonchev–Trinajstić information content (AvgIpc) is 2.95. The number of hydrogen-bond acceptors (Lipinski definition) is 2. The molecule has 3 nitrogen and oxygen atoms in total. The summed E-state index contributed by atoms with van der Waals surface area (Å²) < 4.78 is 0.658. The number of benzene rings is 1. The molecule has 1 aromatic carbocycles. The lowest BCUT2D eigenvalue weighted by Crippen LogP contribution is -2.00. The summed E-state index contributed by atoms with van der Waals surface area (Å²) in [7, 11) is 0. The maximum absolute atomic E-state index is 11.1. The Morgan fingerprint density at radius 1 is 1.25 bits per heavy atom. The van der Waals surface area contributed by atoms with Gasteiger partial charge in [0.05, 0.1) is 31.9 Å². The molecule has 0 radical (unpaired) electrons. The van der Waals surface area contributed by atoms with Gasteiger partial charge in [0, 0.05) is 5.39 Å². The van der Waals surface area contributed by atoms with E-state index in [0.29, 0.717) is 9.36 Å². The molecule has 0 bridgehead atoms. The van der Waals surface area contributed by atoms with Crippen LogP contribution in [0.3, 0.4) is 0 Å². The van der Waals surface area contributed by atoms with Gasteiger partial charge in [0.25, 0.3) is 0 Å². The van der Waals surface area contributed by atoms with Crippen molar-refractivity contribution in [2.24, 2.45) is 0 Å². The van der Waals surface area contributed by atoms with Crippen LogP contribution in [0.15, 0.2) is 30.3 Å². The number of thiophene rings is 1. The highest BCUT2D eigenvalue weighted by Crippen LogP contribution is 2.38. The second-order valence-electron chi connectivity index (χ2n) is 4.32. The number of aliphatic carboxylic acids is 1. The first-order valence-corrected chi connectivity index (χ1v) is 7.40. The van der Waals surface area contributed by atoms with Crippen molar-refractivity contribution in [3.63, 3.8) is 0 Å². The first-order chi connectivity index (χ1) is 9.56. The quantitative estimate of drug-likeness (QED) is 0.724. The van der Waals surface area contributed by atoms with E-state index >= 15 is 0 Å². The Bertz CT molecular complexity index is 807. The van der Waals surface area contributed by atoms with E-state index in [4.69, 9.17) is 28.3 Å². The highest BCUT2D eigenvalue weighted by atomic mass is 35.5. The van der Waals surface area contributed by atoms with Crippen LogP contribution in [0, 0.1) is 0 Å². The Morgan fingerprint density at radius 2 is 2.05 bits per heavy atom. The van der Waals surface area contributed by atoms with Crippen LogP contribution < -0.4 is 0 Å². The maximum Gasteiger partial charge on any atom is 0.307 e. The summed E-state index contributed by atoms with van der Waals surface area (Å²) in [6.45, 7) is 0. The van der Waals surface area contributed by atoms with Gasteiger partial charge in [0.15, 0.2) is 0 Å². The molecule has 2 N–H and O–H groups in total. The molecule has 0 atom stereocenters. The van der Waals surface area contributed by atoms with Crippen LogP contribution in [0.5, 0.6) is 0 Å². The van der Waals surface area contributed by atoms with Crippen molar-refractivity contribution in [1.29, 1.82) is 0 Å². The van der Waals surface area contributed by atoms with Crippen molar-refractivity contribution in [3.05, 3.63) is 45.3 Å². The molecule has 0 spiro atoms. The summed E-state index contributed by atoms with van der Waals surface area (Å²) in [5.41, 5.74) is 2.26. The summed E-state index contributed by atoms with van der Waals surface area (Å²) in [4.78, 5) is 15.2. The maximum atomic E-state index is 11.1. The predicted octanol–water partition coefficient (Wildman–Crippen LogP) is 4.83. The number of carboxylic acid groups (broad SMARTS) is 1. The van der Waals surface area contributed by atoms with Gasteiger partial charge in [-0.2, -0.15) is 0 Å². The number of fused-ring (bicyclic) bond motifs is 1. The van der Waals surface area contributed by atoms with Gasteiger partial charge in [-0.15, -0.1) is 11.3 Å².